The summed E-state index contributed by atoms with van der Waals surface area (Å²) >= 11 is 11.9. The number of pyridine rings is 1. The first-order valence-electron chi connectivity index (χ1n) is 5.27. The summed E-state index contributed by atoms with van der Waals surface area (Å²) < 4.78 is 0. The lowest BCUT2D eigenvalue weighted by atomic mass is 10.0. The van der Waals surface area contributed by atoms with Gasteiger partial charge in [-0.05, 0) is 30.2 Å². The molecule has 2 N–H and O–H groups in total. The van der Waals surface area contributed by atoms with E-state index < -0.39 is 0 Å². The van der Waals surface area contributed by atoms with Crippen molar-refractivity contribution in [2.24, 2.45) is 5.73 Å². The molecule has 2 aromatic rings. The molecule has 2 nitrogen and oxygen atoms in total. The van der Waals surface area contributed by atoms with E-state index in [4.69, 9.17) is 28.9 Å². The highest BCUT2D eigenvalue weighted by Crippen LogP contribution is 2.21. The molecule has 1 unspecified atom stereocenters. The van der Waals surface area contributed by atoms with Gasteiger partial charge in [0.05, 0.1) is 16.8 Å². The lowest BCUT2D eigenvalue weighted by Gasteiger charge is -2.12. The van der Waals surface area contributed by atoms with Gasteiger partial charge in [-0.15, -0.1) is 0 Å². The molecule has 0 fully saturated rings. The van der Waals surface area contributed by atoms with Gasteiger partial charge in [0.15, 0.2) is 0 Å². The Morgan fingerprint density at radius 2 is 1.88 bits per heavy atom. The third-order valence-electron chi connectivity index (χ3n) is 2.53. The molecule has 0 saturated carbocycles. The predicted octanol–water partition coefficient (Wildman–Crippen LogP) is 3.63. The zero-order chi connectivity index (χ0) is 12.3. The monoisotopic (exact) mass is 266 g/mol. The Balaban J connectivity index is 2.14. The highest BCUT2D eigenvalue weighted by atomic mass is 35.5. The summed E-state index contributed by atoms with van der Waals surface area (Å²) in [7, 11) is 0. The summed E-state index contributed by atoms with van der Waals surface area (Å²) in [5.74, 6) is 0. The van der Waals surface area contributed by atoms with Gasteiger partial charge in [-0.3, -0.25) is 4.98 Å². The summed E-state index contributed by atoms with van der Waals surface area (Å²) in [6, 6.07) is 11.1. The molecule has 0 aliphatic carbocycles. The normalized spacial score (nSPS) is 12.4. The van der Waals surface area contributed by atoms with Crippen LogP contribution >= 0.6 is 23.2 Å². The van der Waals surface area contributed by atoms with E-state index in [1.165, 1.54) is 0 Å². The van der Waals surface area contributed by atoms with Gasteiger partial charge < -0.3 is 5.73 Å². The zero-order valence-electron chi connectivity index (χ0n) is 9.11. The second-order valence-electron chi connectivity index (χ2n) is 3.80. The molecule has 1 aromatic heterocycles. The van der Waals surface area contributed by atoms with E-state index in [2.05, 4.69) is 4.98 Å². The Bertz CT molecular complexity index is 497. The van der Waals surface area contributed by atoms with Crippen LogP contribution in [0.2, 0.25) is 10.0 Å². The van der Waals surface area contributed by atoms with E-state index in [9.17, 15) is 0 Å². The number of hydrogen-bond donors (Lipinski definition) is 1. The third-order valence-corrected chi connectivity index (χ3v) is 3.12. The molecule has 0 spiro atoms. The fraction of sp³-hybridized carbons (Fsp3) is 0.154. The number of aromatic nitrogens is 1. The van der Waals surface area contributed by atoms with Crippen molar-refractivity contribution in [3.05, 3.63) is 63.9 Å². The van der Waals surface area contributed by atoms with Crippen molar-refractivity contribution in [1.82, 2.24) is 4.98 Å². The largest absolute Gasteiger partial charge is 0.322 e. The summed E-state index contributed by atoms with van der Waals surface area (Å²) in [6.45, 7) is 0. The van der Waals surface area contributed by atoms with E-state index in [1.807, 2.05) is 30.3 Å². The molecule has 0 saturated heterocycles. The Kier molecular flexibility index (Phi) is 4.00. The van der Waals surface area contributed by atoms with Gasteiger partial charge in [-0.1, -0.05) is 41.4 Å². The quantitative estimate of drug-likeness (QED) is 0.922. The van der Waals surface area contributed by atoms with Crippen LogP contribution in [0, 0.1) is 0 Å². The number of rotatable bonds is 3. The molecule has 88 valence electrons. The molecule has 0 amide bonds. The van der Waals surface area contributed by atoms with Crippen molar-refractivity contribution >= 4 is 23.2 Å². The molecular formula is C13H12Cl2N2. The predicted molar refractivity (Wildman–Crippen MR) is 71.3 cm³/mol. The number of benzene rings is 1. The zero-order valence-corrected chi connectivity index (χ0v) is 10.6. The fourth-order valence-corrected chi connectivity index (χ4v) is 1.94. The fourth-order valence-electron chi connectivity index (χ4n) is 1.61. The van der Waals surface area contributed by atoms with E-state index >= 15 is 0 Å². The Morgan fingerprint density at radius 3 is 2.53 bits per heavy atom. The first-order valence-corrected chi connectivity index (χ1v) is 6.03. The minimum Gasteiger partial charge on any atom is -0.322 e. The maximum absolute atomic E-state index is 6.08. The average molecular weight is 267 g/mol. The Labute approximate surface area is 110 Å². The van der Waals surface area contributed by atoms with Crippen LogP contribution in [0.1, 0.15) is 17.3 Å². The van der Waals surface area contributed by atoms with Gasteiger partial charge in [-0.25, -0.2) is 0 Å². The standard InChI is InChI=1S/C13H12Cl2N2/c14-10-5-6-13(17-8-10)12(16)7-9-3-1-2-4-11(9)15/h1-6,8,12H,7,16H2. The van der Waals surface area contributed by atoms with Crippen LogP contribution in [0.15, 0.2) is 42.6 Å². The van der Waals surface area contributed by atoms with Crippen LogP contribution in [0.5, 0.6) is 0 Å². The van der Waals surface area contributed by atoms with E-state index in [0.29, 0.717) is 11.4 Å². The number of hydrogen-bond acceptors (Lipinski definition) is 2. The summed E-state index contributed by atoms with van der Waals surface area (Å²) in [4.78, 5) is 4.20. The molecule has 4 heteroatoms. The van der Waals surface area contributed by atoms with E-state index in [1.54, 1.807) is 12.3 Å². The van der Waals surface area contributed by atoms with Gasteiger partial charge in [0, 0.05) is 11.2 Å². The van der Waals surface area contributed by atoms with Crippen LogP contribution in [0.4, 0.5) is 0 Å². The molecule has 1 aromatic carbocycles. The lowest BCUT2D eigenvalue weighted by molar-refractivity contribution is 0.696. The molecule has 0 aliphatic rings. The minimum absolute atomic E-state index is 0.174. The van der Waals surface area contributed by atoms with Crippen LogP contribution in [-0.2, 0) is 6.42 Å². The molecular weight excluding hydrogens is 255 g/mol. The van der Waals surface area contributed by atoms with Gasteiger partial charge in [0.1, 0.15) is 0 Å². The number of nitrogens with two attached hydrogens (primary N) is 1. The van der Waals surface area contributed by atoms with Gasteiger partial charge >= 0.3 is 0 Å². The van der Waals surface area contributed by atoms with Crippen LogP contribution < -0.4 is 5.73 Å². The Hall–Kier alpha value is -1.09. The SMILES string of the molecule is NC(Cc1ccccc1Cl)c1ccc(Cl)cn1. The van der Waals surface area contributed by atoms with Crippen molar-refractivity contribution in [3.8, 4) is 0 Å². The number of nitrogens with zero attached hydrogens (tertiary/aromatic N) is 1. The smallest absolute Gasteiger partial charge is 0.0589 e. The minimum atomic E-state index is -0.174. The first-order chi connectivity index (χ1) is 8.16. The molecule has 0 radical (unpaired) electrons. The second kappa shape index (κ2) is 5.50. The average Bonchev–Trinajstić information content (AvgIpc) is 2.33. The van der Waals surface area contributed by atoms with Crippen molar-refractivity contribution < 1.29 is 0 Å². The van der Waals surface area contributed by atoms with Crippen molar-refractivity contribution in [2.75, 3.05) is 0 Å². The van der Waals surface area contributed by atoms with E-state index in [-0.39, 0.29) is 6.04 Å². The molecule has 2 rings (SSSR count). The summed E-state index contributed by atoms with van der Waals surface area (Å²) in [5.41, 5.74) is 7.92. The Morgan fingerprint density at radius 1 is 1.12 bits per heavy atom. The highest BCUT2D eigenvalue weighted by Gasteiger charge is 2.10. The molecule has 0 bridgehead atoms. The van der Waals surface area contributed by atoms with Gasteiger partial charge in [0.25, 0.3) is 0 Å². The van der Waals surface area contributed by atoms with Gasteiger partial charge in [-0.2, -0.15) is 0 Å². The second-order valence-corrected chi connectivity index (χ2v) is 4.65. The van der Waals surface area contributed by atoms with Gasteiger partial charge in [0.2, 0.25) is 0 Å². The van der Waals surface area contributed by atoms with Crippen LogP contribution in [-0.4, -0.2) is 4.98 Å². The number of halogens is 2. The molecule has 0 aliphatic heterocycles. The topological polar surface area (TPSA) is 38.9 Å². The van der Waals surface area contributed by atoms with Crippen LogP contribution in [0.3, 0.4) is 0 Å². The van der Waals surface area contributed by atoms with E-state index in [0.717, 1.165) is 16.3 Å². The first kappa shape index (κ1) is 12.4. The summed E-state index contributed by atoms with van der Waals surface area (Å²) in [6.07, 6.45) is 2.26. The molecule has 1 atom stereocenters. The lowest BCUT2D eigenvalue weighted by Crippen LogP contribution is -2.14. The van der Waals surface area contributed by atoms with Crippen LogP contribution in [0.25, 0.3) is 0 Å². The third kappa shape index (κ3) is 3.19. The van der Waals surface area contributed by atoms with Crippen molar-refractivity contribution in [1.29, 1.82) is 0 Å². The maximum atomic E-state index is 6.08. The molecule has 1 heterocycles. The summed E-state index contributed by atoms with van der Waals surface area (Å²) in [5, 5.41) is 1.34. The van der Waals surface area contributed by atoms with Crippen molar-refractivity contribution in [2.45, 2.75) is 12.5 Å². The maximum Gasteiger partial charge on any atom is 0.0589 e. The molecule has 17 heavy (non-hydrogen) atoms. The van der Waals surface area contributed by atoms with Crippen molar-refractivity contribution in [3.63, 3.8) is 0 Å². The highest BCUT2D eigenvalue weighted by molar-refractivity contribution is 6.31.